The van der Waals surface area contributed by atoms with Gasteiger partial charge in [0.1, 0.15) is 0 Å². The molecule has 3 heteroatoms. The van der Waals surface area contributed by atoms with Crippen molar-refractivity contribution >= 4 is 17.7 Å². The van der Waals surface area contributed by atoms with E-state index < -0.39 is 0 Å². The van der Waals surface area contributed by atoms with Crippen molar-refractivity contribution in [2.24, 2.45) is 0 Å². The number of nitrogens with zero attached hydrogens (tertiary/aromatic N) is 1. The highest BCUT2D eigenvalue weighted by atomic mass is 32.2. The molecule has 0 unspecified atom stereocenters. The molecule has 0 aliphatic carbocycles. The van der Waals surface area contributed by atoms with Crippen LogP contribution in [0.15, 0.2) is 43.0 Å². The number of benzene rings is 1. The average molecular weight is 249 g/mol. The molecule has 0 aliphatic rings. The van der Waals surface area contributed by atoms with E-state index in [9.17, 15) is 4.79 Å². The van der Waals surface area contributed by atoms with Gasteiger partial charge in [-0.3, -0.25) is 4.79 Å². The molecule has 0 radical (unpaired) electrons. The van der Waals surface area contributed by atoms with E-state index in [1.807, 2.05) is 48.2 Å². The Morgan fingerprint density at radius 2 is 2.12 bits per heavy atom. The van der Waals surface area contributed by atoms with Crippen LogP contribution < -0.4 is 0 Å². The molecule has 0 N–H and O–H groups in total. The van der Waals surface area contributed by atoms with E-state index in [4.69, 9.17) is 0 Å². The highest BCUT2D eigenvalue weighted by Crippen LogP contribution is 2.08. The van der Waals surface area contributed by atoms with Crippen molar-refractivity contribution in [3.63, 3.8) is 0 Å². The second kappa shape index (κ2) is 7.96. The number of thioether (sulfide) groups is 1. The van der Waals surface area contributed by atoms with E-state index in [-0.39, 0.29) is 5.91 Å². The Morgan fingerprint density at radius 3 is 2.71 bits per heavy atom. The summed E-state index contributed by atoms with van der Waals surface area (Å²) in [6, 6.07) is 10.1. The van der Waals surface area contributed by atoms with E-state index in [0.717, 1.165) is 12.3 Å². The highest BCUT2D eigenvalue weighted by Gasteiger charge is 2.11. The van der Waals surface area contributed by atoms with E-state index >= 15 is 0 Å². The minimum absolute atomic E-state index is 0.197. The quantitative estimate of drug-likeness (QED) is 0.547. The first-order valence-electron chi connectivity index (χ1n) is 5.78. The molecule has 0 heterocycles. The third-order valence-electron chi connectivity index (χ3n) is 2.41. The van der Waals surface area contributed by atoms with Gasteiger partial charge in [0, 0.05) is 18.8 Å². The van der Waals surface area contributed by atoms with E-state index in [2.05, 4.69) is 6.58 Å². The third kappa shape index (κ3) is 5.09. The normalized spacial score (nSPS) is 9.94. The summed E-state index contributed by atoms with van der Waals surface area (Å²) >= 11 is 1.61. The van der Waals surface area contributed by atoms with Gasteiger partial charge in [0.25, 0.3) is 0 Å². The minimum atomic E-state index is 0.197. The Morgan fingerprint density at radius 1 is 1.41 bits per heavy atom. The van der Waals surface area contributed by atoms with Crippen molar-refractivity contribution in [3.8, 4) is 0 Å². The summed E-state index contributed by atoms with van der Waals surface area (Å²) in [5, 5.41) is 0. The Bertz CT molecular complexity index is 350. The van der Waals surface area contributed by atoms with Gasteiger partial charge in [-0.2, -0.15) is 0 Å². The van der Waals surface area contributed by atoms with Crippen LogP contribution in [0.1, 0.15) is 12.5 Å². The fraction of sp³-hybridized carbons (Fsp3) is 0.357. The Kier molecular flexibility index (Phi) is 6.48. The van der Waals surface area contributed by atoms with Gasteiger partial charge in [0.15, 0.2) is 0 Å². The number of hydrogen-bond acceptors (Lipinski definition) is 2. The summed E-state index contributed by atoms with van der Waals surface area (Å²) in [7, 11) is 0. The van der Waals surface area contributed by atoms with Crippen LogP contribution in [-0.4, -0.2) is 28.9 Å². The molecule has 0 bridgehead atoms. The molecule has 0 fully saturated rings. The monoisotopic (exact) mass is 249 g/mol. The van der Waals surface area contributed by atoms with Gasteiger partial charge in [0.2, 0.25) is 5.91 Å². The second-order valence-corrected chi connectivity index (χ2v) is 4.73. The third-order valence-corrected chi connectivity index (χ3v) is 3.33. The van der Waals surface area contributed by atoms with Gasteiger partial charge in [0.05, 0.1) is 5.75 Å². The molecular formula is C14H19NOS. The molecule has 1 aromatic carbocycles. The predicted molar refractivity (Wildman–Crippen MR) is 75.1 cm³/mol. The average Bonchev–Trinajstić information content (AvgIpc) is 2.37. The first kappa shape index (κ1) is 13.8. The maximum atomic E-state index is 11.9. The lowest BCUT2D eigenvalue weighted by Gasteiger charge is -2.20. The fourth-order valence-electron chi connectivity index (χ4n) is 1.50. The lowest BCUT2D eigenvalue weighted by atomic mass is 10.2. The van der Waals surface area contributed by atoms with Gasteiger partial charge >= 0.3 is 0 Å². The van der Waals surface area contributed by atoms with Gasteiger partial charge < -0.3 is 4.90 Å². The van der Waals surface area contributed by atoms with Crippen LogP contribution in [-0.2, 0) is 11.3 Å². The molecule has 0 atom stereocenters. The van der Waals surface area contributed by atoms with Crippen LogP contribution in [0.25, 0.3) is 0 Å². The second-order valence-electron chi connectivity index (χ2n) is 3.70. The molecule has 1 amide bonds. The molecule has 2 nitrogen and oxygen atoms in total. The van der Waals surface area contributed by atoms with Crippen molar-refractivity contribution in [3.05, 3.63) is 48.6 Å². The van der Waals surface area contributed by atoms with Crippen LogP contribution in [0, 0.1) is 0 Å². The van der Waals surface area contributed by atoms with Crippen molar-refractivity contribution < 1.29 is 4.79 Å². The zero-order valence-electron chi connectivity index (χ0n) is 10.3. The van der Waals surface area contributed by atoms with Gasteiger partial charge in [-0.25, -0.2) is 0 Å². The Balaban J connectivity index is 2.47. The lowest BCUT2D eigenvalue weighted by Crippen LogP contribution is -2.31. The standard InChI is InChI=1S/C14H19NOS/c1-3-10-17-12-14(16)15(4-2)11-13-8-6-5-7-9-13/h3,5-9H,1,4,10-12H2,2H3. The largest absolute Gasteiger partial charge is 0.338 e. The van der Waals surface area contributed by atoms with Crippen LogP contribution >= 0.6 is 11.8 Å². The highest BCUT2D eigenvalue weighted by molar-refractivity contribution is 8.00. The molecule has 0 saturated heterocycles. The molecule has 0 aromatic heterocycles. The summed E-state index contributed by atoms with van der Waals surface area (Å²) in [5.41, 5.74) is 1.18. The smallest absolute Gasteiger partial charge is 0.232 e. The SMILES string of the molecule is C=CCSCC(=O)N(CC)Cc1ccccc1. The van der Waals surface area contributed by atoms with Crippen LogP contribution in [0.3, 0.4) is 0 Å². The number of carbonyl (C=O) groups excluding carboxylic acids is 1. The predicted octanol–water partition coefficient (Wildman–Crippen LogP) is 2.95. The van der Waals surface area contributed by atoms with E-state index in [1.54, 1.807) is 11.8 Å². The first-order chi connectivity index (χ1) is 8.27. The number of carbonyl (C=O) groups is 1. The molecule has 17 heavy (non-hydrogen) atoms. The molecule has 0 saturated carbocycles. The molecule has 0 aliphatic heterocycles. The van der Waals surface area contributed by atoms with Crippen molar-refractivity contribution in [2.45, 2.75) is 13.5 Å². The Labute approximate surface area is 108 Å². The number of amides is 1. The van der Waals surface area contributed by atoms with Crippen molar-refractivity contribution in [1.29, 1.82) is 0 Å². The number of rotatable bonds is 7. The van der Waals surface area contributed by atoms with Crippen LogP contribution in [0.2, 0.25) is 0 Å². The summed E-state index contributed by atoms with van der Waals surface area (Å²) in [5.74, 6) is 1.56. The summed E-state index contributed by atoms with van der Waals surface area (Å²) < 4.78 is 0. The number of hydrogen-bond donors (Lipinski definition) is 0. The van der Waals surface area contributed by atoms with Crippen molar-refractivity contribution in [1.82, 2.24) is 4.90 Å². The summed E-state index contributed by atoms with van der Waals surface area (Å²) in [6.45, 7) is 7.11. The fourth-order valence-corrected chi connectivity index (χ4v) is 2.14. The van der Waals surface area contributed by atoms with Crippen molar-refractivity contribution in [2.75, 3.05) is 18.1 Å². The van der Waals surface area contributed by atoms with Gasteiger partial charge in [-0.1, -0.05) is 36.4 Å². The summed E-state index contributed by atoms with van der Waals surface area (Å²) in [4.78, 5) is 13.8. The van der Waals surface area contributed by atoms with E-state index in [1.165, 1.54) is 5.56 Å². The molecule has 92 valence electrons. The molecule has 1 rings (SSSR count). The Hall–Kier alpha value is -1.22. The minimum Gasteiger partial charge on any atom is -0.338 e. The molecule has 1 aromatic rings. The molecule has 0 spiro atoms. The van der Waals surface area contributed by atoms with Gasteiger partial charge in [-0.15, -0.1) is 18.3 Å². The van der Waals surface area contributed by atoms with Gasteiger partial charge in [-0.05, 0) is 12.5 Å². The first-order valence-corrected chi connectivity index (χ1v) is 6.93. The lowest BCUT2D eigenvalue weighted by molar-refractivity contribution is -0.128. The zero-order chi connectivity index (χ0) is 12.5. The van der Waals surface area contributed by atoms with Crippen LogP contribution in [0.4, 0.5) is 0 Å². The summed E-state index contributed by atoms with van der Waals surface area (Å²) in [6.07, 6.45) is 1.82. The topological polar surface area (TPSA) is 20.3 Å². The molecular weight excluding hydrogens is 230 g/mol. The maximum Gasteiger partial charge on any atom is 0.232 e. The van der Waals surface area contributed by atoms with Crippen LogP contribution in [0.5, 0.6) is 0 Å². The zero-order valence-corrected chi connectivity index (χ0v) is 11.1. The maximum absolute atomic E-state index is 11.9. The van der Waals surface area contributed by atoms with E-state index in [0.29, 0.717) is 12.3 Å².